The second-order valence-corrected chi connectivity index (χ2v) is 6.90. The number of amides is 3. The first-order chi connectivity index (χ1) is 11.9. The van der Waals surface area contributed by atoms with Gasteiger partial charge in [0.05, 0.1) is 5.41 Å². The van der Waals surface area contributed by atoms with Crippen molar-refractivity contribution >= 4 is 23.3 Å². The summed E-state index contributed by atoms with van der Waals surface area (Å²) in [6.45, 7) is 3.80. The Kier molecular flexibility index (Phi) is 4.74. The molecule has 0 unspecified atom stereocenters. The van der Waals surface area contributed by atoms with Crippen molar-refractivity contribution in [1.29, 1.82) is 0 Å². The Labute approximate surface area is 147 Å². The van der Waals surface area contributed by atoms with Gasteiger partial charge in [-0.3, -0.25) is 4.79 Å². The summed E-state index contributed by atoms with van der Waals surface area (Å²) in [5.41, 5.74) is 1.71. The van der Waals surface area contributed by atoms with Crippen molar-refractivity contribution in [1.82, 2.24) is 5.32 Å². The van der Waals surface area contributed by atoms with Gasteiger partial charge in [0.1, 0.15) is 0 Å². The van der Waals surface area contributed by atoms with E-state index in [0.29, 0.717) is 17.4 Å². The second-order valence-electron chi connectivity index (χ2n) is 6.90. The van der Waals surface area contributed by atoms with Gasteiger partial charge in [-0.15, -0.1) is 0 Å². The molecule has 0 atom stereocenters. The first kappa shape index (κ1) is 17.0. The molecule has 5 heteroatoms. The highest BCUT2D eigenvalue weighted by molar-refractivity contribution is 5.99. The molecule has 2 aromatic rings. The highest BCUT2D eigenvalue weighted by atomic mass is 16.2. The van der Waals surface area contributed by atoms with Crippen LogP contribution in [0.15, 0.2) is 54.6 Å². The lowest BCUT2D eigenvalue weighted by molar-refractivity contribution is -0.120. The van der Waals surface area contributed by atoms with Gasteiger partial charge in [0.25, 0.3) is 0 Å². The van der Waals surface area contributed by atoms with Crippen LogP contribution in [0.25, 0.3) is 0 Å². The predicted octanol–water partition coefficient (Wildman–Crippen LogP) is 3.89. The molecule has 0 radical (unpaired) electrons. The predicted molar refractivity (Wildman–Crippen MR) is 99.7 cm³/mol. The van der Waals surface area contributed by atoms with Crippen LogP contribution in [0.1, 0.15) is 32.3 Å². The highest BCUT2D eigenvalue weighted by Crippen LogP contribution is 2.25. The molecule has 25 heavy (non-hydrogen) atoms. The van der Waals surface area contributed by atoms with E-state index >= 15 is 0 Å². The minimum atomic E-state index is -0.637. The topological polar surface area (TPSA) is 70.2 Å². The number of hydrogen-bond acceptors (Lipinski definition) is 2. The van der Waals surface area contributed by atoms with E-state index in [1.807, 2.05) is 44.2 Å². The highest BCUT2D eigenvalue weighted by Gasteiger charge is 2.29. The zero-order chi connectivity index (χ0) is 17.9. The van der Waals surface area contributed by atoms with Gasteiger partial charge >= 0.3 is 6.03 Å². The van der Waals surface area contributed by atoms with Crippen molar-refractivity contribution in [3.05, 3.63) is 60.2 Å². The van der Waals surface area contributed by atoms with Crippen LogP contribution in [0.4, 0.5) is 16.2 Å². The van der Waals surface area contributed by atoms with Crippen LogP contribution in [0.2, 0.25) is 0 Å². The van der Waals surface area contributed by atoms with Crippen LogP contribution in [-0.2, 0) is 10.2 Å². The van der Waals surface area contributed by atoms with Crippen LogP contribution in [-0.4, -0.2) is 18.0 Å². The lowest BCUT2D eigenvalue weighted by atomic mass is 9.83. The van der Waals surface area contributed by atoms with Crippen LogP contribution in [0.5, 0.6) is 0 Å². The molecule has 5 nitrogen and oxygen atoms in total. The molecule has 1 fully saturated rings. The molecule has 0 spiro atoms. The number of carbonyl (C=O) groups is 2. The lowest BCUT2D eigenvalue weighted by Gasteiger charge is -2.24. The number of nitrogens with one attached hydrogen (secondary N) is 3. The average Bonchev–Trinajstić information content (AvgIpc) is 3.41. The molecule has 3 amide bonds. The van der Waals surface area contributed by atoms with Gasteiger partial charge < -0.3 is 16.0 Å². The molecule has 0 heterocycles. The summed E-state index contributed by atoms with van der Waals surface area (Å²) in [5.74, 6) is -0.0779. The fourth-order valence-electron chi connectivity index (χ4n) is 2.49. The minimum Gasteiger partial charge on any atom is -0.335 e. The first-order valence-corrected chi connectivity index (χ1v) is 8.50. The Balaban J connectivity index is 1.60. The van der Waals surface area contributed by atoms with Crippen LogP contribution in [0, 0.1) is 0 Å². The fraction of sp³-hybridized carbons (Fsp3) is 0.300. The maximum absolute atomic E-state index is 12.6. The molecule has 1 saturated carbocycles. The molecule has 2 aromatic carbocycles. The van der Waals surface area contributed by atoms with E-state index in [9.17, 15) is 9.59 Å². The third-order valence-electron chi connectivity index (χ3n) is 4.38. The third-order valence-corrected chi connectivity index (χ3v) is 4.38. The molecule has 0 bridgehead atoms. The van der Waals surface area contributed by atoms with Crippen molar-refractivity contribution in [3.8, 4) is 0 Å². The van der Waals surface area contributed by atoms with Gasteiger partial charge in [-0.1, -0.05) is 30.3 Å². The smallest absolute Gasteiger partial charge is 0.319 e. The van der Waals surface area contributed by atoms with E-state index < -0.39 is 5.41 Å². The van der Waals surface area contributed by atoms with Gasteiger partial charge in [-0.05, 0) is 56.5 Å². The maximum Gasteiger partial charge on any atom is 0.319 e. The molecule has 1 aliphatic carbocycles. The number of rotatable bonds is 5. The van der Waals surface area contributed by atoms with Crippen molar-refractivity contribution in [2.75, 3.05) is 10.6 Å². The van der Waals surface area contributed by atoms with Gasteiger partial charge in [-0.25, -0.2) is 4.79 Å². The molecular weight excluding hydrogens is 314 g/mol. The van der Waals surface area contributed by atoms with E-state index in [1.165, 1.54) is 0 Å². The fourth-order valence-corrected chi connectivity index (χ4v) is 2.49. The van der Waals surface area contributed by atoms with Gasteiger partial charge in [0.15, 0.2) is 0 Å². The molecule has 1 aliphatic rings. The van der Waals surface area contributed by atoms with Crippen molar-refractivity contribution < 1.29 is 9.59 Å². The van der Waals surface area contributed by atoms with Crippen LogP contribution < -0.4 is 16.0 Å². The van der Waals surface area contributed by atoms with E-state index in [-0.39, 0.29) is 11.9 Å². The molecule has 0 aliphatic heterocycles. The van der Waals surface area contributed by atoms with E-state index in [0.717, 1.165) is 18.4 Å². The number of carbonyl (C=O) groups excluding carboxylic acids is 2. The van der Waals surface area contributed by atoms with E-state index in [4.69, 9.17) is 0 Å². The molecule has 0 saturated heterocycles. The maximum atomic E-state index is 12.6. The molecule has 3 N–H and O–H groups in total. The monoisotopic (exact) mass is 337 g/mol. The summed E-state index contributed by atoms with van der Waals surface area (Å²) in [4.78, 5) is 24.4. The zero-order valence-corrected chi connectivity index (χ0v) is 14.5. The molecule has 3 rings (SSSR count). The van der Waals surface area contributed by atoms with Gasteiger partial charge in [0.2, 0.25) is 5.91 Å². The normalized spacial score (nSPS) is 13.8. The summed E-state index contributed by atoms with van der Waals surface area (Å²) in [5, 5.41) is 8.59. The lowest BCUT2D eigenvalue weighted by Crippen LogP contribution is -2.34. The van der Waals surface area contributed by atoms with Crippen molar-refractivity contribution in [2.24, 2.45) is 0 Å². The van der Waals surface area contributed by atoms with Crippen LogP contribution >= 0.6 is 0 Å². The summed E-state index contributed by atoms with van der Waals surface area (Å²) in [6.07, 6.45) is 2.10. The Morgan fingerprint density at radius 2 is 1.44 bits per heavy atom. The first-order valence-electron chi connectivity index (χ1n) is 8.50. The molecule has 130 valence electrons. The largest absolute Gasteiger partial charge is 0.335 e. The number of anilines is 2. The molecular formula is C20H23N3O2. The van der Waals surface area contributed by atoms with Crippen LogP contribution in [0.3, 0.4) is 0 Å². The SMILES string of the molecule is CC(C)(C(=O)Nc1ccc(NC(=O)NC2CC2)cc1)c1ccccc1. The minimum absolute atomic E-state index is 0.0779. The Hall–Kier alpha value is -2.82. The summed E-state index contributed by atoms with van der Waals surface area (Å²) < 4.78 is 0. The van der Waals surface area contributed by atoms with E-state index in [2.05, 4.69) is 16.0 Å². The average molecular weight is 337 g/mol. The Bertz CT molecular complexity index is 750. The molecule has 0 aromatic heterocycles. The summed E-state index contributed by atoms with van der Waals surface area (Å²) in [7, 11) is 0. The quantitative estimate of drug-likeness (QED) is 0.775. The number of urea groups is 1. The Morgan fingerprint density at radius 1 is 0.880 bits per heavy atom. The summed E-state index contributed by atoms with van der Waals surface area (Å²) >= 11 is 0. The standard InChI is InChI=1S/C20H23N3O2/c1-20(2,14-6-4-3-5-7-14)18(24)21-15-8-10-16(11-9-15)22-19(25)23-17-12-13-17/h3-11,17H,12-13H2,1-2H3,(H,21,24)(H2,22,23,25). The van der Waals surface area contributed by atoms with Gasteiger partial charge in [-0.2, -0.15) is 0 Å². The van der Waals surface area contributed by atoms with Crippen molar-refractivity contribution in [3.63, 3.8) is 0 Å². The van der Waals surface area contributed by atoms with Crippen molar-refractivity contribution in [2.45, 2.75) is 38.1 Å². The zero-order valence-electron chi connectivity index (χ0n) is 14.5. The number of hydrogen-bond donors (Lipinski definition) is 3. The summed E-state index contributed by atoms with van der Waals surface area (Å²) in [6, 6.07) is 16.9. The third kappa shape index (κ3) is 4.38. The van der Waals surface area contributed by atoms with Gasteiger partial charge in [0, 0.05) is 17.4 Å². The number of benzene rings is 2. The Morgan fingerprint density at radius 3 is 2.00 bits per heavy atom. The van der Waals surface area contributed by atoms with E-state index in [1.54, 1.807) is 24.3 Å². The second kappa shape index (κ2) is 6.97.